The van der Waals surface area contributed by atoms with E-state index in [1.54, 1.807) is 0 Å². The average Bonchev–Trinajstić information content (AvgIpc) is 3.01. The number of benzene rings is 2. The minimum absolute atomic E-state index is 0.467. The molecular weight excluding hydrogens is 330 g/mol. The summed E-state index contributed by atoms with van der Waals surface area (Å²) in [6, 6.07) is 19.1. The third-order valence-corrected chi connectivity index (χ3v) is 5.39. The number of aromatic nitrogens is 2. The van der Waals surface area contributed by atoms with Crippen LogP contribution in [-0.2, 0) is 19.0 Å². The first kappa shape index (κ1) is 16.6. The fourth-order valence-corrected chi connectivity index (χ4v) is 4.18. The maximum absolute atomic E-state index is 6.16. The van der Waals surface area contributed by atoms with Gasteiger partial charge in [-0.1, -0.05) is 42.5 Å². The third-order valence-electron chi connectivity index (χ3n) is 5.15. The maximum atomic E-state index is 6.16. The van der Waals surface area contributed by atoms with Crippen LogP contribution in [-0.4, -0.2) is 27.5 Å². The van der Waals surface area contributed by atoms with Gasteiger partial charge in [0, 0.05) is 19.6 Å². The van der Waals surface area contributed by atoms with Gasteiger partial charge in [-0.05, 0) is 43.0 Å². The molecule has 0 N–H and O–H groups in total. The van der Waals surface area contributed by atoms with Gasteiger partial charge < -0.3 is 4.57 Å². The Morgan fingerprint density at radius 3 is 2.68 bits per heavy atom. The summed E-state index contributed by atoms with van der Waals surface area (Å²) in [5, 5.41) is 0. The molecular formula is C21H24ClN3. The van der Waals surface area contributed by atoms with Gasteiger partial charge >= 0.3 is 0 Å². The normalized spacial score (nSPS) is 18.7. The first-order chi connectivity index (χ1) is 12.3. The highest BCUT2D eigenvalue weighted by Crippen LogP contribution is 2.24. The molecule has 25 heavy (non-hydrogen) atoms. The molecule has 2 heterocycles. The number of fused-ring (bicyclic) bond motifs is 1. The fraction of sp³-hybridized carbons (Fsp3) is 0.381. The zero-order chi connectivity index (χ0) is 17.1. The van der Waals surface area contributed by atoms with Crippen molar-refractivity contribution in [1.82, 2.24) is 14.5 Å². The Morgan fingerprint density at radius 2 is 1.84 bits per heavy atom. The lowest BCUT2D eigenvalue weighted by atomic mass is 9.97. The average molecular weight is 354 g/mol. The minimum atomic E-state index is 0.467. The van der Waals surface area contributed by atoms with E-state index in [2.05, 4.69) is 58.0 Å². The predicted molar refractivity (Wildman–Crippen MR) is 104 cm³/mol. The van der Waals surface area contributed by atoms with Crippen molar-refractivity contribution in [3.05, 3.63) is 66.0 Å². The first-order valence-corrected chi connectivity index (χ1v) is 9.63. The van der Waals surface area contributed by atoms with Crippen molar-refractivity contribution in [1.29, 1.82) is 0 Å². The molecule has 1 aliphatic rings. The Kier molecular flexibility index (Phi) is 5.04. The van der Waals surface area contributed by atoms with Crippen molar-refractivity contribution >= 4 is 22.6 Å². The Hall–Kier alpha value is -1.84. The second-order valence-corrected chi connectivity index (χ2v) is 7.26. The van der Waals surface area contributed by atoms with Crippen LogP contribution in [0.5, 0.6) is 0 Å². The van der Waals surface area contributed by atoms with Gasteiger partial charge in [0.05, 0.1) is 16.9 Å². The predicted octanol–water partition coefficient (Wildman–Crippen LogP) is 4.69. The van der Waals surface area contributed by atoms with E-state index < -0.39 is 0 Å². The summed E-state index contributed by atoms with van der Waals surface area (Å²) in [4.78, 5) is 7.29. The zero-order valence-corrected chi connectivity index (χ0v) is 15.2. The van der Waals surface area contributed by atoms with Crippen LogP contribution < -0.4 is 0 Å². The highest BCUT2D eigenvalue weighted by molar-refractivity contribution is 6.16. The van der Waals surface area contributed by atoms with E-state index in [0.717, 1.165) is 31.0 Å². The van der Waals surface area contributed by atoms with Gasteiger partial charge in [0.25, 0.3) is 0 Å². The summed E-state index contributed by atoms with van der Waals surface area (Å²) in [6.07, 6.45) is 2.54. The van der Waals surface area contributed by atoms with E-state index in [1.165, 1.54) is 30.5 Å². The van der Waals surface area contributed by atoms with Gasteiger partial charge in [0.15, 0.2) is 0 Å². The SMILES string of the molecule is ClCc1nc2ccccc2n1CC1CCCN(Cc2ccccc2)C1. The number of halogens is 1. The fourth-order valence-electron chi connectivity index (χ4n) is 3.97. The topological polar surface area (TPSA) is 21.1 Å². The Labute approximate surface area is 154 Å². The monoisotopic (exact) mass is 353 g/mol. The van der Waals surface area contributed by atoms with Gasteiger partial charge in [-0.3, -0.25) is 4.90 Å². The Balaban J connectivity index is 1.49. The van der Waals surface area contributed by atoms with Crippen molar-refractivity contribution in [2.75, 3.05) is 13.1 Å². The molecule has 1 atom stereocenters. The van der Waals surface area contributed by atoms with Crippen LogP contribution >= 0.6 is 11.6 Å². The van der Waals surface area contributed by atoms with Crippen LogP contribution in [0, 0.1) is 5.92 Å². The number of imidazole rings is 1. The molecule has 1 unspecified atom stereocenters. The molecule has 4 rings (SSSR count). The number of hydrogen-bond acceptors (Lipinski definition) is 2. The van der Waals surface area contributed by atoms with E-state index >= 15 is 0 Å². The van der Waals surface area contributed by atoms with Gasteiger partial charge in [-0.2, -0.15) is 0 Å². The number of likely N-dealkylation sites (tertiary alicyclic amines) is 1. The molecule has 1 saturated heterocycles. The van der Waals surface area contributed by atoms with E-state index in [9.17, 15) is 0 Å². The molecule has 0 amide bonds. The van der Waals surface area contributed by atoms with Crippen LogP contribution in [0.15, 0.2) is 54.6 Å². The van der Waals surface area contributed by atoms with Gasteiger partial charge in [0.2, 0.25) is 0 Å². The van der Waals surface area contributed by atoms with Crippen LogP contribution in [0.3, 0.4) is 0 Å². The summed E-state index contributed by atoms with van der Waals surface area (Å²) < 4.78 is 2.33. The molecule has 2 aromatic carbocycles. The Bertz CT molecular complexity index is 828. The van der Waals surface area contributed by atoms with E-state index in [4.69, 9.17) is 16.6 Å². The molecule has 1 fully saturated rings. The van der Waals surface area contributed by atoms with E-state index in [1.807, 2.05) is 6.07 Å². The van der Waals surface area contributed by atoms with Crippen molar-refractivity contribution in [3.8, 4) is 0 Å². The molecule has 3 nitrogen and oxygen atoms in total. The second-order valence-electron chi connectivity index (χ2n) is 6.99. The number of alkyl halides is 1. The largest absolute Gasteiger partial charge is 0.327 e. The van der Waals surface area contributed by atoms with Crippen molar-refractivity contribution in [2.24, 2.45) is 5.92 Å². The molecule has 0 radical (unpaired) electrons. The number of piperidine rings is 1. The molecule has 0 bridgehead atoms. The summed E-state index contributed by atoms with van der Waals surface area (Å²) in [7, 11) is 0. The summed E-state index contributed by atoms with van der Waals surface area (Å²) in [5.74, 6) is 2.11. The second kappa shape index (κ2) is 7.59. The van der Waals surface area contributed by atoms with Gasteiger partial charge in [0.1, 0.15) is 5.82 Å². The van der Waals surface area contributed by atoms with Crippen molar-refractivity contribution < 1.29 is 0 Å². The van der Waals surface area contributed by atoms with E-state index in [-0.39, 0.29) is 0 Å². The molecule has 3 aromatic rings. The molecule has 0 aliphatic carbocycles. The minimum Gasteiger partial charge on any atom is -0.327 e. The zero-order valence-electron chi connectivity index (χ0n) is 14.4. The molecule has 0 saturated carbocycles. The van der Waals surface area contributed by atoms with E-state index in [0.29, 0.717) is 11.8 Å². The number of nitrogens with zero attached hydrogens (tertiary/aromatic N) is 3. The lowest BCUT2D eigenvalue weighted by molar-refractivity contribution is 0.156. The Morgan fingerprint density at radius 1 is 1.04 bits per heavy atom. The molecule has 4 heteroatoms. The smallest absolute Gasteiger partial charge is 0.124 e. The maximum Gasteiger partial charge on any atom is 0.124 e. The quantitative estimate of drug-likeness (QED) is 0.620. The highest BCUT2D eigenvalue weighted by atomic mass is 35.5. The van der Waals surface area contributed by atoms with Crippen LogP contribution in [0.25, 0.3) is 11.0 Å². The lowest BCUT2D eigenvalue weighted by Gasteiger charge is -2.33. The summed E-state index contributed by atoms with van der Waals surface area (Å²) >= 11 is 6.16. The molecule has 1 aromatic heterocycles. The van der Waals surface area contributed by atoms with Crippen molar-refractivity contribution in [2.45, 2.75) is 31.8 Å². The van der Waals surface area contributed by atoms with Gasteiger partial charge in [-0.25, -0.2) is 4.98 Å². The summed E-state index contributed by atoms with van der Waals surface area (Å²) in [5.41, 5.74) is 3.66. The summed E-state index contributed by atoms with van der Waals surface area (Å²) in [6.45, 7) is 4.39. The van der Waals surface area contributed by atoms with Crippen LogP contribution in [0.4, 0.5) is 0 Å². The number of rotatable bonds is 5. The van der Waals surface area contributed by atoms with Crippen molar-refractivity contribution in [3.63, 3.8) is 0 Å². The van der Waals surface area contributed by atoms with Gasteiger partial charge in [-0.15, -0.1) is 11.6 Å². The standard InChI is InChI=1S/C21H24ClN3/c22-13-21-23-19-10-4-5-11-20(19)25(21)16-18-9-6-12-24(15-18)14-17-7-2-1-3-8-17/h1-5,7-8,10-11,18H,6,9,12-16H2. The highest BCUT2D eigenvalue weighted by Gasteiger charge is 2.22. The first-order valence-electron chi connectivity index (χ1n) is 9.10. The van der Waals surface area contributed by atoms with Crippen LogP contribution in [0.2, 0.25) is 0 Å². The molecule has 130 valence electrons. The van der Waals surface area contributed by atoms with Crippen LogP contribution in [0.1, 0.15) is 24.2 Å². The number of hydrogen-bond donors (Lipinski definition) is 0. The molecule has 0 spiro atoms. The number of para-hydroxylation sites is 2. The molecule has 1 aliphatic heterocycles. The third kappa shape index (κ3) is 3.73. The lowest BCUT2D eigenvalue weighted by Crippen LogP contribution is -2.36.